The number of nitrogens with zero attached hydrogens (tertiary/aromatic N) is 3. The summed E-state index contributed by atoms with van der Waals surface area (Å²) in [5.74, 6) is 1.42. The van der Waals surface area contributed by atoms with Gasteiger partial charge in [0.05, 0.1) is 0 Å². The van der Waals surface area contributed by atoms with Crippen molar-refractivity contribution in [2.75, 3.05) is 47.3 Å². The second-order valence-corrected chi connectivity index (χ2v) is 8.00. The molecule has 2 N–H and O–H groups in total. The number of amides is 1. The number of likely N-dealkylation sites (tertiary alicyclic amines) is 1. The van der Waals surface area contributed by atoms with E-state index in [0.29, 0.717) is 24.6 Å². The van der Waals surface area contributed by atoms with E-state index in [9.17, 15) is 4.79 Å². The number of halogens is 1. The molecule has 1 heterocycles. The van der Waals surface area contributed by atoms with Gasteiger partial charge in [0.2, 0.25) is 0 Å². The molecule has 1 fully saturated rings. The molecule has 0 spiro atoms. The van der Waals surface area contributed by atoms with Crippen molar-refractivity contribution in [1.82, 2.24) is 20.4 Å². The number of nitrogens with one attached hydrogen (secondary N) is 2. The van der Waals surface area contributed by atoms with Gasteiger partial charge in [-0.25, -0.2) is 0 Å². The van der Waals surface area contributed by atoms with Gasteiger partial charge in [-0.05, 0) is 43.8 Å². The predicted molar refractivity (Wildman–Crippen MR) is 138 cm³/mol. The quantitative estimate of drug-likeness (QED) is 0.325. The summed E-state index contributed by atoms with van der Waals surface area (Å²) < 4.78 is 0. The Hall–Kier alpha value is -2.13. The van der Waals surface area contributed by atoms with Crippen LogP contribution in [0.2, 0.25) is 0 Å². The summed E-state index contributed by atoms with van der Waals surface area (Å²) in [6.07, 6.45) is 1.13. The van der Waals surface area contributed by atoms with E-state index in [2.05, 4.69) is 50.9 Å². The minimum Gasteiger partial charge on any atom is -0.352 e. The maximum atomic E-state index is 12.4. The van der Waals surface area contributed by atoms with Crippen LogP contribution in [0.4, 0.5) is 0 Å². The van der Waals surface area contributed by atoms with Gasteiger partial charge in [-0.1, -0.05) is 42.5 Å². The second kappa shape index (κ2) is 12.7. The Labute approximate surface area is 203 Å². The van der Waals surface area contributed by atoms with Crippen molar-refractivity contribution < 1.29 is 4.79 Å². The number of carbonyl (C=O) groups excluding carboxylic acids is 1. The van der Waals surface area contributed by atoms with Crippen LogP contribution in [0.3, 0.4) is 0 Å². The van der Waals surface area contributed by atoms with Crippen LogP contribution in [-0.2, 0) is 6.54 Å². The first-order valence-electron chi connectivity index (χ1n) is 10.6. The fraction of sp³-hybridized carbons (Fsp3) is 0.417. The molecule has 7 heteroatoms. The number of likely N-dealkylation sites (N-methyl/N-ethyl adjacent to an activating group) is 1. The van der Waals surface area contributed by atoms with Crippen molar-refractivity contribution >= 4 is 35.8 Å². The molecule has 0 saturated carbocycles. The van der Waals surface area contributed by atoms with E-state index >= 15 is 0 Å². The standard InChI is InChI=1S/C24H33N5O.HI/c1-25-24(29-14-12-22(18-29)20-9-5-4-6-10-20)27-17-19-8-7-11-21(16-19)23(30)26-13-15-28(2)3;/h4-11,16,22H,12-15,17-18H2,1-3H3,(H,25,27)(H,26,30);1H. The molecule has 31 heavy (non-hydrogen) atoms. The Balaban J connectivity index is 0.00000341. The van der Waals surface area contributed by atoms with Crippen LogP contribution >= 0.6 is 24.0 Å². The van der Waals surface area contributed by atoms with Gasteiger partial charge in [-0.2, -0.15) is 0 Å². The van der Waals surface area contributed by atoms with Crippen LogP contribution in [0.5, 0.6) is 0 Å². The smallest absolute Gasteiger partial charge is 0.251 e. The molecule has 0 radical (unpaired) electrons. The summed E-state index contributed by atoms with van der Waals surface area (Å²) in [5.41, 5.74) is 3.15. The van der Waals surface area contributed by atoms with Crippen LogP contribution in [-0.4, -0.2) is 69.0 Å². The van der Waals surface area contributed by atoms with Gasteiger partial charge < -0.3 is 20.4 Å². The van der Waals surface area contributed by atoms with Crippen molar-refractivity contribution in [3.05, 3.63) is 71.3 Å². The van der Waals surface area contributed by atoms with Crippen molar-refractivity contribution in [1.29, 1.82) is 0 Å². The fourth-order valence-electron chi connectivity index (χ4n) is 3.78. The fourth-order valence-corrected chi connectivity index (χ4v) is 3.78. The normalized spacial score (nSPS) is 16.2. The van der Waals surface area contributed by atoms with E-state index in [1.54, 1.807) is 0 Å². The van der Waals surface area contributed by atoms with E-state index in [1.807, 2.05) is 50.3 Å². The molecule has 0 bridgehead atoms. The lowest BCUT2D eigenvalue weighted by Crippen LogP contribution is -2.39. The van der Waals surface area contributed by atoms with E-state index in [-0.39, 0.29) is 29.9 Å². The average molecular weight is 535 g/mol. The molecule has 1 atom stereocenters. The number of aliphatic imine (C=N–C) groups is 1. The topological polar surface area (TPSA) is 60.0 Å². The first kappa shape index (κ1) is 25.1. The molecular formula is C24H34IN5O. The van der Waals surface area contributed by atoms with Crippen LogP contribution < -0.4 is 10.6 Å². The molecule has 6 nitrogen and oxygen atoms in total. The largest absolute Gasteiger partial charge is 0.352 e. The van der Waals surface area contributed by atoms with Gasteiger partial charge in [-0.3, -0.25) is 9.79 Å². The van der Waals surface area contributed by atoms with Gasteiger partial charge in [0.1, 0.15) is 0 Å². The first-order valence-corrected chi connectivity index (χ1v) is 10.6. The molecule has 0 aliphatic carbocycles. The predicted octanol–water partition coefficient (Wildman–Crippen LogP) is 3.16. The van der Waals surface area contributed by atoms with E-state index < -0.39 is 0 Å². The highest BCUT2D eigenvalue weighted by Crippen LogP contribution is 2.26. The number of benzene rings is 2. The lowest BCUT2D eigenvalue weighted by molar-refractivity contribution is 0.0951. The lowest BCUT2D eigenvalue weighted by atomic mass is 9.99. The molecule has 2 aromatic rings. The Morgan fingerprint density at radius 3 is 2.61 bits per heavy atom. The van der Waals surface area contributed by atoms with E-state index in [4.69, 9.17) is 0 Å². The van der Waals surface area contributed by atoms with Crippen molar-refractivity contribution in [2.24, 2.45) is 4.99 Å². The highest BCUT2D eigenvalue weighted by Gasteiger charge is 2.25. The highest BCUT2D eigenvalue weighted by molar-refractivity contribution is 14.0. The number of hydrogen-bond acceptors (Lipinski definition) is 3. The molecular weight excluding hydrogens is 501 g/mol. The minimum absolute atomic E-state index is 0. The van der Waals surface area contributed by atoms with Gasteiger partial charge in [0, 0.05) is 51.3 Å². The molecule has 1 saturated heterocycles. The number of carbonyl (C=O) groups is 1. The third kappa shape index (κ3) is 7.50. The zero-order valence-corrected chi connectivity index (χ0v) is 21.0. The Morgan fingerprint density at radius 1 is 1.13 bits per heavy atom. The highest BCUT2D eigenvalue weighted by atomic mass is 127. The second-order valence-electron chi connectivity index (χ2n) is 8.00. The van der Waals surface area contributed by atoms with Gasteiger partial charge >= 0.3 is 0 Å². The van der Waals surface area contributed by atoms with Crippen molar-refractivity contribution in [2.45, 2.75) is 18.9 Å². The van der Waals surface area contributed by atoms with Crippen LogP contribution in [0.15, 0.2) is 59.6 Å². The number of guanidine groups is 1. The van der Waals surface area contributed by atoms with Crippen molar-refractivity contribution in [3.8, 4) is 0 Å². The molecule has 1 amide bonds. The van der Waals surface area contributed by atoms with E-state index in [1.165, 1.54) is 5.56 Å². The summed E-state index contributed by atoms with van der Waals surface area (Å²) in [7, 11) is 5.81. The summed E-state index contributed by atoms with van der Waals surface area (Å²) in [5, 5.41) is 6.43. The molecule has 1 aliphatic rings. The average Bonchev–Trinajstić information content (AvgIpc) is 3.25. The number of hydrogen-bond donors (Lipinski definition) is 2. The summed E-state index contributed by atoms with van der Waals surface area (Å²) in [6, 6.07) is 18.5. The summed E-state index contributed by atoms with van der Waals surface area (Å²) in [4.78, 5) is 21.2. The molecule has 1 aliphatic heterocycles. The van der Waals surface area contributed by atoms with Gasteiger partial charge in [-0.15, -0.1) is 24.0 Å². The first-order chi connectivity index (χ1) is 14.6. The molecule has 1 unspecified atom stereocenters. The molecule has 168 valence electrons. The zero-order chi connectivity index (χ0) is 21.3. The number of rotatable bonds is 7. The monoisotopic (exact) mass is 535 g/mol. The Kier molecular flexibility index (Phi) is 10.3. The van der Waals surface area contributed by atoms with Crippen molar-refractivity contribution in [3.63, 3.8) is 0 Å². The maximum absolute atomic E-state index is 12.4. The maximum Gasteiger partial charge on any atom is 0.251 e. The van der Waals surface area contributed by atoms with E-state index in [0.717, 1.165) is 37.6 Å². The third-order valence-electron chi connectivity index (χ3n) is 5.45. The summed E-state index contributed by atoms with van der Waals surface area (Å²) in [6.45, 7) is 4.06. The lowest BCUT2D eigenvalue weighted by Gasteiger charge is -2.22. The minimum atomic E-state index is -0.0340. The molecule has 0 aromatic heterocycles. The Bertz CT molecular complexity index is 856. The summed E-state index contributed by atoms with van der Waals surface area (Å²) >= 11 is 0. The van der Waals surface area contributed by atoms with Gasteiger partial charge in [0.25, 0.3) is 5.91 Å². The molecule has 3 rings (SSSR count). The van der Waals surface area contributed by atoms with Crippen LogP contribution in [0.1, 0.15) is 33.8 Å². The van der Waals surface area contributed by atoms with Gasteiger partial charge in [0.15, 0.2) is 5.96 Å². The zero-order valence-electron chi connectivity index (χ0n) is 18.7. The Morgan fingerprint density at radius 2 is 1.90 bits per heavy atom. The SMILES string of the molecule is CN=C(NCc1cccc(C(=O)NCCN(C)C)c1)N1CCC(c2ccccc2)C1.I. The molecule has 2 aromatic carbocycles. The van der Waals surface area contributed by atoms with Crippen LogP contribution in [0.25, 0.3) is 0 Å². The third-order valence-corrected chi connectivity index (χ3v) is 5.45. The van der Waals surface area contributed by atoms with Crippen LogP contribution in [0, 0.1) is 0 Å².